The van der Waals surface area contributed by atoms with Crippen LogP contribution in [0.2, 0.25) is 0 Å². The molecule has 1 atom stereocenters. The summed E-state index contributed by atoms with van der Waals surface area (Å²) in [6, 6.07) is 16.1. The van der Waals surface area contributed by atoms with Crippen LogP contribution >= 0.6 is 0 Å². The van der Waals surface area contributed by atoms with Crippen molar-refractivity contribution in [1.82, 2.24) is 0 Å². The number of carboxylic acids is 1. The second kappa shape index (κ2) is 6.74. The number of carbonyl (C=O) groups excluding carboxylic acids is 1. The van der Waals surface area contributed by atoms with Crippen molar-refractivity contribution >= 4 is 12.1 Å². The standard InChI is InChI=1S/C19H18O5/c1-12(10-18(20)21)24-19(22)23-11-17-15-8-4-2-6-13(15)14-7-3-5-9-16(14)17/h2-9,12,17H,10-11H2,1H3,(H,20,21)/t12-/m1/s1. The summed E-state index contributed by atoms with van der Waals surface area (Å²) in [6.45, 7) is 1.68. The molecule has 0 bridgehead atoms. The number of ether oxygens (including phenoxy) is 2. The summed E-state index contributed by atoms with van der Waals surface area (Å²) < 4.78 is 10.2. The van der Waals surface area contributed by atoms with Gasteiger partial charge in [-0.15, -0.1) is 0 Å². The largest absolute Gasteiger partial charge is 0.508 e. The molecule has 0 saturated heterocycles. The van der Waals surface area contributed by atoms with E-state index in [1.165, 1.54) is 6.92 Å². The molecule has 3 rings (SSSR count). The molecule has 0 fully saturated rings. The molecule has 0 aromatic heterocycles. The SMILES string of the molecule is C[C@H](CC(=O)O)OC(=O)OCC1c2ccccc2-c2ccccc21. The highest BCUT2D eigenvalue weighted by Gasteiger charge is 2.29. The molecule has 124 valence electrons. The fraction of sp³-hybridized carbons (Fsp3) is 0.263. The normalized spacial score (nSPS) is 13.7. The van der Waals surface area contributed by atoms with Crippen molar-refractivity contribution in [3.05, 3.63) is 59.7 Å². The molecule has 1 N–H and O–H groups in total. The van der Waals surface area contributed by atoms with E-state index in [1.54, 1.807) is 0 Å². The number of carboxylic acid groups (broad SMARTS) is 1. The highest BCUT2D eigenvalue weighted by atomic mass is 16.7. The molecule has 5 nitrogen and oxygen atoms in total. The van der Waals surface area contributed by atoms with Gasteiger partial charge in [-0.1, -0.05) is 48.5 Å². The van der Waals surface area contributed by atoms with Crippen molar-refractivity contribution in [1.29, 1.82) is 0 Å². The monoisotopic (exact) mass is 326 g/mol. The van der Waals surface area contributed by atoms with Gasteiger partial charge in [0, 0.05) is 5.92 Å². The minimum atomic E-state index is -1.02. The lowest BCUT2D eigenvalue weighted by molar-refractivity contribution is -0.139. The third kappa shape index (κ3) is 3.25. The Morgan fingerprint density at radius 2 is 1.58 bits per heavy atom. The quantitative estimate of drug-likeness (QED) is 0.846. The van der Waals surface area contributed by atoms with E-state index in [9.17, 15) is 9.59 Å². The number of benzene rings is 2. The third-order valence-corrected chi connectivity index (χ3v) is 4.09. The fourth-order valence-corrected chi connectivity index (χ4v) is 3.08. The van der Waals surface area contributed by atoms with Crippen LogP contribution in [0.25, 0.3) is 11.1 Å². The number of fused-ring (bicyclic) bond motifs is 3. The van der Waals surface area contributed by atoms with Crippen LogP contribution in [0.1, 0.15) is 30.4 Å². The summed E-state index contributed by atoms with van der Waals surface area (Å²) in [6.07, 6.45) is -1.81. The van der Waals surface area contributed by atoms with Crippen LogP contribution in [0, 0.1) is 0 Å². The number of rotatable bonds is 5. The van der Waals surface area contributed by atoms with Crippen LogP contribution in [-0.2, 0) is 14.3 Å². The molecule has 2 aromatic carbocycles. The highest BCUT2D eigenvalue weighted by Crippen LogP contribution is 2.44. The fourth-order valence-electron chi connectivity index (χ4n) is 3.08. The van der Waals surface area contributed by atoms with E-state index in [0.717, 1.165) is 22.3 Å². The molecule has 1 aliphatic carbocycles. The predicted octanol–water partition coefficient (Wildman–Crippen LogP) is 3.82. The summed E-state index contributed by atoms with van der Waals surface area (Å²) in [7, 11) is 0. The van der Waals surface area contributed by atoms with E-state index in [1.807, 2.05) is 36.4 Å². The van der Waals surface area contributed by atoms with Gasteiger partial charge >= 0.3 is 12.1 Å². The average Bonchev–Trinajstić information content (AvgIpc) is 2.86. The van der Waals surface area contributed by atoms with Crippen LogP contribution in [0.3, 0.4) is 0 Å². The van der Waals surface area contributed by atoms with Gasteiger partial charge in [0.15, 0.2) is 0 Å². The number of hydrogen-bond donors (Lipinski definition) is 1. The Labute approximate surface area is 139 Å². The Bertz CT molecular complexity index is 722. The zero-order valence-corrected chi connectivity index (χ0v) is 13.3. The molecule has 0 spiro atoms. The second-order valence-corrected chi connectivity index (χ2v) is 5.81. The van der Waals surface area contributed by atoms with Gasteiger partial charge < -0.3 is 14.6 Å². The van der Waals surface area contributed by atoms with Crippen LogP contribution < -0.4 is 0 Å². The Kier molecular flexibility index (Phi) is 4.51. The molecule has 2 aromatic rings. The molecule has 5 heteroatoms. The van der Waals surface area contributed by atoms with Crippen molar-refractivity contribution in [3.8, 4) is 11.1 Å². The lowest BCUT2D eigenvalue weighted by atomic mass is 9.98. The molecule has 0 radical (unpaired) electrons. The van der Waals surface area contributed by atoms with Gasteiger partial charge in [-0.3, -0.25) is 4.79 Å². The number of carbonyl (C=O) groups is 2. The van der Waals surface area contributed by atoms with E-state index >= 15 is 0 Å². The molecule has 0 saturated carbocycles. The van der Waals surface area contributed by atoms with E-state index in [2.05, 4.69) is 12.1 Å². The van der Waals surface area contributed by atoms with Crippen LogP contribution in [-0.4, -0.2) is 29.9 Å². The highest BCUT2D eigenvalue weighted by molar-refractivity contribution is 5.79. The topological polar surface area (TPSA) is 72.8 Å². The number of aliphatic carboxylic acids is 1. The van der Waals surface area contributed by atoms with E-state index in [4.69, 9.17) is 14.6 Å². The molecule has 0 aliphatic heterocycles. The molecule has 1 aliphatic rings. The van der Waals surface area contributed by atoms with Crippen molar-refractivity contribution in [2.75, 3.05) is 6.61 Å². The van der Waals surface area contributed by atoms with Gasteiger partial charge in [0.05, 0.1) is 6.42 Å². The van der Waals surface area contributed by atoms with Gasteiger partial charge in [-0.05, 0) is 29.2 Å². The van der Waals surface area contributed by atoms with E-state index in [-0.39, 0.29) is 18.9 Å². The molecule has 24 heavy (non-hydrogen) atoms. The van der Waals surface area contributed by atoms with Crippen molar-refractivity contribution in [2.24, 2.45) is 0 Å². The minimum Gasteiger partial charge on any atom is -0.481 e. The van der Waals surface area contributed by atoms with E-state index in [0.29, 0.717) is 0 Å². The minimum absolute atomic E-state index is 0.0419. The maximum atomic E-state index is 11.8. The summed E-state index contributed by atoms with van der Waals surface area (Å²) in [5, 5.41) is 8.69. The Balaban J connectivity index is 1.69. The lowest BCUT2D eigenvalue weighted by Gasteiger charge is -2.15. The van der Waals surface area contributed by atoms with Gasteiger partial charge in [0.2, 0.25) is 0 Å². The van der Waals surface area contributed by atoms with Gasteiger partial charge in [-0.2, -0.15) is 0 Å². The average molecular weight is 326 g/mol. The summed E-state index contributed by atoms with van der Waals surface area (Å²) in [4.78, 5) is 22.4. The first-order valence-electron chi connectivity index (χ1n) is 7.79. The van der Waals surface area contributed by atoms with Crippen molar-refractivity contribution in [2.45, 2.75) is 25.4 Å². The third-order valence-electron chi connectivity index (χ3n) is 4.09. The van der Waals surface area contributed by atoms with Gasteiger partial charge in [-0.25, -0.2) is 4.79 Å². The zero-order chi connectivity index (χ0) is 17.1. The molecular weight excluding hydrogens is 308 g/mol. The predicted molar refractivity (Wildman–Crippen MR) is 87.9 cm³/mol. The molecule has 0 unspecified atom stereocenters. The molecule has 0 heterocycles. The Hall–Kier alpha value is -2.82. The zero-order valence-electron chi connectivity index (χ0n) is 13.3. The first-order valence-corrected chi connectivity index (χ1v) is 7.79. The Morgan fingerprint density at radius 3 is 2.12 bits per heavy atom. The number of hydrogen-bond acceptors (Lipinski definition) is 4. The van der Waals surface area contributed by atoms with Crippen molar-refractivity contribution in [3.63, 3.8) is 0 Å². The summed E-state index contributed by atoms with van der Waals surface area (Å²) >= 11 is 0. The van der Waals surface area contributed by atoms with E-state index < -0.39 is 18.2 Å². The smallest absolute Gasteiger partial charge is 0.481 e. The summed E-state index contributed by atoms with van der Waals surface area (Å²) in [5.74, 6) is -1.06. The van der Waals surface area contributed by atoms with Crippen LogP contribution in [0.4, 0.5) is 4.79 Å². The first kappa shape index (κ1) is 16.1. The first-order chi connectivity index (χ1) is 11.6. The maximum absolute atomic E-state index is 11.8. The Morgan fingerprint density at radius 1 is 1.04 bits per heavy atom. The second-order valence-electron chi connectivity index (χ2n) is 5.81. The van der Waals surface area contributed by atoms with Crippen LogP contribution in [0.5, 0.6) is 0 Å². The van der Waals surface area contributed by atoms with Gasteiger partial charge in [0.1, 0.15) is 12.7 Å². The van der Waals surface area contributed by atoms with Crippen molar-refractivity contribution < 1.29 is 24.2 Å². The van der Waals surface area contributed by atoms with Crippen LogP contribution in [0.15, 0.2) is 48.5 Å². The molecular formula is C19H18O5. The maximum Gasteiger partial charge on any atom is 0.508 e. The molecule has 0 amide bonds. The lowest BCUT2D eigenvalue weighted by Crippen LogP contribution is -2.21. The summed E-state index contributed by atoms with van der Waals surface area (Å²) in [5.41, 5.74) is 4.53. The van der Waals surface area contributed by atoms with Gasteiger partial charge in [0.25, 0.3) is 0 Å².